The smallest absolute Gasteiger partial charge is 0.0720 e. The second-order valence-electron chi connectivity index (χ2n) is 6.60. The highest BCUT2D eigenvalue weighted by atomic mass is 14.8. The molecule has 0 heterocycles. The molecule has 2 saturated carbocycles. The van der Waals surface area contributed by atoms with Crippen LogP contribution in [0.5, 0.6) is 0 Å². The van der Waals surface area contributed by atoms with Crippen molar-refractivity contribution >= 4 is 5.71 Å². The highest BCUT2D eigenvalue weighted by Crippen LogP contribution is 2.38. The predicted octanol–water partition coefficient (Wildman–Crippen LogP) is 5.57. The van der Waals surface area contributed by atoms with Crippen LogP contribution in [0.15, 0.2) is 35.3 Å². The normalized spacial score (nSPS) is 27.9. The van der Waals surface area contributed by atoms with Crippen LogP contribution >= 0.6 is 0 Å². The van der Waals surface area contributed by atoms with E-state index in [9.17, 15) is 0 Å². The van der Waals surface area contributed by atoms with E-state index in [0.29, 0.717) is 6.04 Å². The second-order valence-corrected chi connectivity index (χ2v) is 6.60. The van der Waals surface area contributed by atoms with E-state index in [1.54, 1.807) is 0 Å². The van der Waals surface area contributed by atoms with Crippen LogP contribution in [0.3, 0.4) is 0 Å². The highest BCUT2D eigenvalue weighted by Gasteiger charge is 2.31. The third-order valence-corrected chi connectivity index (χ3v) is 5.24. The Kier molecular flexibility index (Phi) is 4.54. The van der Waals surface area contributed by atoms with Crippen LogP contribution in [0.1, 0.15) is 69.9 Å². The molecule has 1 aromatic carbocycles. The van der Waals surface area contributed by atoms with Gasteiger partial charge < -0.3 is 0 Å². The van der Waals surface area contributed by atoms with E-state index in [1.807, 2.05) is 0 Å². The first-order valence-corrected chi connectivity index (χ1v) is 8.46. The van der Waals surface area contributed by atoms with Crippen LogP contribution in [0.4, 0.5) is 0 Å². The second kappa shape index (κ2) is 6.56. The number of aliphatic imine (C=N–C) groups is 1. The van der Waals surface area contributed by atoms with Gasteiger partial charge in [-0.1, -0.05) is 49.6 Å². The molecule has 108 valence electrons. The molecule has 2 atom stereocenters. The molecule has 1 unspecified atom stereocenters. The van der Waals surface area contributed by atoms with Gasteiger partial charge in [-0.2, -0.15) is 0 Å². The van der Waals surface area contributed by atoms with Crippen molar-refractivity contribution in [2.45, 2.75) is 64.3 Å². The molecule has 2 fully saturated rings. The van der Waals surface area contributed by atoms with Crippen molar-refractivity contribution in [1.82, 2.24) is 0 Å². The number of hydrogen-bond donors (Lipinski definition) is 0. The molecule has 1 heteroatoms. The molecule has 1 nitrogen and oxygen atoms in total. The van der Waals surface area contributed by atoms with Gasteiger partial charge in [-0.15, -0.1) is 0 Å². The topological polar surface area (TPSA) is 12.4 Å². The molecule has 0 spiro atoms. The molecule has 2 aliphatic rings. The van der Waals surface area contributed by atoms with E-state index in [2.05, 4.69) is 37.3 Å². The zero-order valence-corrected chi connectivity index (χ0v) is 12.7. The Hall–Kier alpha value is -1.11. The summed E-state index contributed by atoms with van der Waals surface area (Å²) in [5.41, 5.74) is 2.89. The first kappa shape index (κ1) is 13.9. The first-order chi connectivity index (χ1) is 9.84. The molecule has 0 aromatic heterocycles. The van der Waals surface area contributed by atoms with E-state index in [4.69, 9.17) is 4.99 Å². The summed E-state index contributed by atoms with van der Waals surface area (Å²) in [4.78, 5) is 5.12. The lowest BCUT2D eigenvalue weighted by Crippen LogP contribution is -2.21. The lowest BCUT2D eigenvalue weighted by Gasteiger charge is -2.28. The van der Waals surface area contributed by atoms with Crippen LogP contribution in [-0.2, 0) is 0 Å². The fourth-order valence-electron chi connectivity index (χ4n) is 4.11. The van der Waals surface area contributed by atoms with Crippen LogP contribution < -0.4 is 0 Å². The van der Waals surface area contributed by atoms with Crippen molar-refractivity contribution in [3.63, 3.8) is 0 Å². The quantitative estimate of drug-likeness (QED) is 0.680. The molecule has 0 radical (unpaired) electrons. The third kappa shape index (κ3) is 3.13. The Labute approximate surface area is 123 Å². The van der Waals surface area contributed by atoms with Gasteiger partial charge in [-0.05, 0) is 56.4 Å². The summed E-state index contributed by atoms with van der Waals surface area (Å²) in [6.07, 6.45) is 11.2. The summed E-state index contributed by atoms with van der Waals surface area (Å²) in [6, 6.07) is 11.1. The standard InChI is InChI=1S/C19H27N/c1-15(16-9-4-2-5-10-16)20-19-14-8-13-18(19)17-11-6-3-7-12-17/h2,4-5,9-10,15,17-18H,3,6-8,11-14H2,1H3/t15-,18?/m1/s1. The average Bonchev–Trinajstić information content (AvgIpc) is 2.97. The summed E-state index contributed by atoms with van der Waals surface area (Å²) >= 11 is 0. The summed E-state index contributed by atoms with van der Waals surface area (Å²) in [6.45, 7) is 2.25. The van der Waals surface area contributed by atoms with E-state index in [1.165, 1.54) is 62.6 Å². The van der Waals surface area contributed by atoms with Crippen molar-refractivity contribution in [3.05, 3.63) is 35.9 Å². The Bertz CT molecular complexity index is 442. The lowest BCUT2D eigenvalue weighted by molar-refractivity contribution is 0.297. The van der Waals surface area contributed by atoms with Crippen LogP contribution in [0.2, 0.25) is 0 Å². The largest absolute Gasteiger partial charge is 0.286 e. The van der Waals surface area contributed by atoms with Gasteiger partial charge >= 0.3 is 0 Å². The van der Waals surface area contributed by atoms with Gasteiger partial charge in [0.2, 0.25) is 0 Å². The SMILES string of the molecule is C[C@@H](N=C1CCCC1C1CCCCC1)c1ccccc1. The number of nitrogens with zero attached hydrogens (tertiary/aromatic N) is 1. The molecule has 0 aliphatic heterocycles. The lowest BCUT2D eigenvalue weighted by atomic mass is 9.78. The van der Waals surface area contributed by atoms with Crippen molar-refractivity contribution in [2.75, 3.05) is 0 Å². The molecule has 0 saturated heterocycles. The molecular weight excluding hydrogens is 242 g/mol. The molecule has 2 aliphatic carbocycles. The minimum absolute atomic E-state index is 0.329. The number of rotatable bonds is 3. The van der Waals surface area contributed by atoms with Gasteiger partial charge in [-0.3, -0.25) is 4.99 Å². The fourth-order valence-corrected chi connectivity index (χ4v) is 4.11. The van der Waals surface area contributed by atoms with Gasteiger partial charge in [0, 0.05) is 5.71 Å². The monoisotopic (exact) mass is 269 g/mol. The number of hydrogen-bond acceptors (Lipinski definition) is 1. The zero-order valence-electron chi connectivity index (χ0n) is 12.7. The van der Waals surface area contributed by atoms with E-state index in [0.717, 1.165) is 11.8 Å². The maximum Gasteiger partial charge on any atom is 0.0720 e. The van der Waals surface area contributed by atoms with E-state index >= 15 is 0 Å². The van der Waals surface area contributed by atoms with Gasteiger partial charge in [0.15, 0.2) is 0 Å². The van der Waals surface area contributed by atoms with Gasteiger partial charge in [-0.25, -0.2) is 0 Å². The number of benzene rings is 1. The molecule has 20 heavy (non-hydrogen) atoms. The zero-order chi connectivity index (χ0) is 13.8. The van der Waals surface area contributed by atoms with Gasteiger partial charge in [0.1, 0.15) is 0 Å². The summed E-state index contributed by atoms with van der Waals surface area (Å²) < 4.78 is 0. The van der Waals surface area contributed by atoms with Gasteiger partial charge in [0.05, 0.1) is 6.04 Å². The van der Waals surface area contributed by atoms with Crippen molar-refractivity contribution < 1.29 is 0 Å². The molecule has 1 aromatic rings. The Balaban J connectivity index is 1.72. The van der Waals surface area contributed by atoms with Crippen molar-refractivity contribution in [2.24, 2.45) is 16.8 Å². The van der Waals surface area contributed by atoms with E-state index in [-0.39, 0.29) is 0 Å². The molecule has 0 bridgehead atoms. The molecular formula is C19H27N. The van der Waals surface area contributed by atoms with Crippen molar-refractivity contribution in [1.29, 1.82) is 0 Å². The molecule has 3 rings (SSSR count). The summed E-state index contributed by atoms with van der Waals surface area (Å²) in [5, 5.41) is 0. The molecule has 0 amide bonds. The third-order valence-electron chi connectivity index (χ3n) is 5.24. The average molecular weight is 269 g/mol. The predicted molar refractivity (Wildman–Crippen MR) is 86.2 cm³/mol. The highest BCUT2D eigenvalue weighted by molar-refractivity contribution is 5.89. The fraction of sp³-hybridized carbons (Fsp3) is 0.632. The Morgan fingerprint density at radius 2 is 1.70 bits per heavy atom. The van der Waals surface area contributed by atoms with Crippen LogP contribution in [0, 0.1) is 11.8 Å². The van der Waals surface area contributed by atoms with Gasteiger partial charge in [0.25, 0.3) is 0 Å². The van der Waals surface area contributed by atoms with Crippen molar-refractivity contribution in [3.8, 4) is 0 Å². The Morgan fingerprint density at radius 3 is 2.45 bits per heavy atom. The maximum absolute atomic E-state index is 5.12. The minimum atomic E-state index is 0.329. The molecule has 0 N–H and O–H groups in total. The van der Waals surface area contributed by atoms with Crippen LogP contribution in [-0.4, -0.2) is 5.71 Å². The first-order valence-electron chi connectivity index (χ1n) is 8.46. The minimum Gasteiger partial charge on any atom is -0.286 e. The Morgan fingerprint density at radius 1 is 0.950 bits per heavy atom. The summed E-state index contributed by atoms with van der Waals surface area (Å²) in [5.74, 6) is 1.74. The van der Waals surface area contributed by atoms with Crippen LogP contribution in [0.25, 0.3) is 0 Å². The summed E-state index contributed by atoms with van der Waals surface area (Å²) in [7, 11) is 0. The maximum atomic E-state index is 5.12. The van der Waals surface area contributed by atoms with E-state index < -0.39 is 0 Å².